The maximum atomic E-state index is 12.9. The van der Waals surface area contributed by atoms with E-state index >= 15 is 0 Å². The molecule has 0 spiro atoms. The summed E-state index contributed by atoms with van der Waals surface area (Å²) in [6, 6.07) is 11.6. The van der Waals surface area contributed by atoms with Gasteiger partial charge >= 0.3 is 0 Å². The number of hydrogen-bond acceptors (Lipinski definition) is 3. The molecule has 152 valence electrons. The van der Waals surface area contributed by atoms with Crippen LogP contribution in [0.25, 0.3) is 0 Å². The number of benzene rings is 2. The Kier molecular flexibility index (Phi) is 7.12. The van der Waals surface area contributed by atoms with Gasteiger partial charge < -0.3 is 5.32 Å². The van der Waals surface area contributed by atoms with Crippen molar-refractivity contribution in [2.75, 3.05) is 15.9 Å². The Morgan fingerprint density at radius 1 is 1.14 bits per heavy atom. The minimum absolute atomic E-state index is 0.314. The van der Waals surface area contributed by atoms with Crippen molar-refractivity contribution in [2.24, 2.45) is 0 Å². The molecule has 0 aliphatic heterocycles. The molecule has 1 N–H and O–H groups in total. The number of carbonyl (C=O) groups is 1. The summed E-state index contributed by atoms with van der Waals surface area (Å²) in [6.07, 6.45) is 1.41. The lowest BCUT2D eigenvalue weighted by molar-refractivity contribution is -0.117. The molecular formula is C21H27ClN2O3S. The van der Waals surface area contributed by atoms with Crippen LogP contribution in [0.15, 0.2) is 42.5 Å². The smallest absolute Gasteiger partial charge is 0.248 e. The predicted octanol–water partition coefficient (Wildman–Crippen LogP) is 4.96. The van der Waals surface area contributed by atoms with Crippen LogP contribution in [-0.2, 0) is 14.8 Å². The van der Waals surface area contributed by atoms with Crippen molar-refractivity contribution in [3.05, 3.63) is 58.6 Å². The molecule has 1 atom stereocenters. The van der Waals surface area contributed by atoms with Crippen molar-refractivity contribution in [3.8, 4) is 0 Å². The Labute approximate surface area is 172 Å². The Morgan fingerprint density at radius 3 is 2.21 bits per heavy atom. The maximum Gasteiger partial charge on any atom is 0.248 e. The third-order valence-corrected chi connectivity index (χ3v) is 6.17. The third kappa shape index (κ3) is 5.26. The lowest BCUT2D eigenvalue weighted by atomic mass is 10.0. The fourth-order valence-corrected chi connectivity index (χ4v) is 4.33. The van der Waals surface area contributed by atoms with Crippen LogP contribution < -0.4 is 9.62 Å². The first-order chi connectivity index (χ1) is 13.0. The van der Waals surface area contributed by atoms with E-state index in [1.807, 2.05) is 31.2 Å². The number of amides is 1. The zero-order valence-corrected chi connectivity index (χ0v) is 18.4. The van der Waals surface area contributed by atoms with Crippen LogP contribution in [0.1, 0.15) is 44.2 Å². The minimum Gasteiger partial charge on any atom is -0.324 e. The average molecular weight is 423 g/mol. The SMILES string of the molecule is CC[C@@H](C(=O)Nc1ccc(C(C)C)cc1)N(c1ccc(C)c(Cl)c1)S(C)(=O)=O. The molecule has 0 unspecified atom stereocenters. The van der Waals surface area contributed by atoms with Gasteiger partial charge in [0.15, 0.2) is 0 Å². The van der Waals surface area contributed by atoms with Crippen LogP contribution in [0.4, 0.5) is 11.4 Å². The molecular weight excluding hydrogens is 396 g/mol. The molecule has 2 aromatic rings. The standard InChI is InChI=1S/C21H27ClN2O3S/c1-6-20(21(25)23-17-10-8-16(9-11-17)14(2)3)24(28(5,26)27)18-12-7-15(4)19(22)13-18/h7-14,20H,6H2,1-5H3,(H,23,25)/t20-/m0/s1. The van der Waals surface area contributed by atoms with E-state index in [0.717, 1.165) is 21.7 Å². The first-order valence-corrected chi connectivity index (χ1v) is 11.4. The first kappa shape index (κ1) is 22.2. The van der Waals surface area contributed by atoms with Crippen molar-refractivity contribution in [3.63, 3.8) is 0 Å². The Hall–Kier alpha value is -2.05. The zero-order valence-electron chi connectivity index (χ0n) is 16.9. The van der Waals surface area contributed by atoms with Gasteiger partial charge in [0.1, 0.15) is 6.04 Å². The van der Waals surface area contributed by atoms with E-state index in [9.17, 15) is 13.2 Å². The third-order valence-electron chi connectivity index (χ3n) is 4.58. The van der Waals surface area contributed by atoms with Crippen LogP contribution in [0, 0.1) is 6.92 Å². The topological polar surface area (TPSA) is 66.5 Å². The summed E-state index contributed by atoms with van der Waals surface area (Å²) >= 11 is 6.18. The number of hydrogen-bond donors (Lipinski definition) is 1. The number of aryl methyl sites for hydroxylation is 1. The van der Waals surface area contributed by atoms with E-state index < -0.39 is 16.1 Å². The normalized spacial score (nSPS) is 12.7. The molecule has 1 amide bonds. The zero-order chi connectivity index (χ0) is 21.1. The van der Waals surface area contributed by atoms with Crippen LogP contribution in [0.5, 0.6) is 0 Å². The van der Waals surface area contributed by atoms with Crippen LogP contribution in [0.2, 0.25) is 5.02 Å². The van der Waals surface area contributed by atoms with Gasteiger partial charge in [-0.25, -0.2) is 8.42 Å². The maximum absolute atomic E-state index is 12.9. The minimum atomic E-state index is -3.70. The predicted molar refractivity (Wildman–Crippen MR) is 117 cm³/mol. The molecule has 0 aliphatic rings. The average Bonchev–Trinajstić information content (AvgIpc) is 2.61. The number of nitrogens with one attached hydrogen (secondary N) is 1. The fraction of sp³-hybridized carbons (Fsp3) is 0.381. The van der Waals surface area contributed by atoms with Gasteiger partial charge in [0.25, 0.3) is 0 Å². The van der Waals surface area contributed by atoms with Crippen molar-refractivity contribution < 1.29 is 13.2 Å². The number of nitrogens with zero attached hydrogens (tertiary/aromatic N) is 1. The molecule has 0 saturated carbocycles. The second-order valence-corrected chi connectivity index (χ2v) is 9.45. The highest BCUT2D eigenvalue weighted by atomic mass is 35.5. The summed E-state index contributed by atoms with van der Waals surface area (Å²) in [6.45, 7) is 7.80. The summed E-state index contributed by atoms with van der Waals surface area (Å²) in [5, 5.41) is 3.28. The van der Waals surface area contributed by atoms with Crippen LogP contribution >= 0.6 is 11.6 Å². The van der Waals surface area contributed by atoms with E-state index in [1.54, 1.807) is 25.1 Å². The summed E-state index contributed by atoms with van der Waals surface area (Å²) < 4.78 is 26.2. The van der Waals surface area contributed by atoms with Gasteiger partial charge in [-0.1, -0.05) is 50.6 Å². The van der Waals surface area contributed by atoms with E-state index in [0.29, 0.717) is 28.7 Å². The number of sulfonamides is 1. The molecule has 0 radical (unpaired) electrons. The molecule has 7 heteroatoms. The molecule has 0 aliphatic carbocycles. The summed E-state index contributed by atoms with van der Waals surface area (Å²) in [5.41, 5.74) is 3.00. The second kappa shape index (κ2) is 8.97. The second-order valence-electron chi connectivity index (χ2n) is 7.18. The Bertz CT molecular complexity index is 941. The van der Waals surface area contributed by atoms with Gasteiger partial charge in [-0.2, -0.15) is 0 Å². The molecule has 28 heavy (non-hydrogen) atoms. The quantitative estimate of drug-likeness (QED) is 0.686. The summed E-state index contributed by atoms with van der Waals surface area (Å²) in [4.78, 5) is 12.9. The molecule has 2 aromatic carbocycles. The largest absolute Gasteiger partial charge is 0.324 e. The van der Waals surface area contributed by atoms with E-state index in [1.165, 1.54) is 0 Å². The lowest BCUT2D eigenvalue weighted by Crippen LogP contribution is -2.47. The van der Waals surface area contributed by atoms with E-state index in [-0.39, 0.29) is 5.91 Å². The number of rotatable bonds is 7. The van der Waals surface area contributed by atoms with Crippen molar-refractivity contribution in [1.29, 1.82) is 0 Å². The van der Waals surface area contributed by atoms with Crippen molar-refractivity contribution >= 4 is 38.9 Å². The highest BCUT2D eigenvalue weighted by molar-refractivity contribution is 7.92. The van der Waals surface area contributed by atoms with Crippen LogP contribution in [0.3, 0.4) is 0 Å². The van der Waals surface area contributed by atoms with E-state index in [2.05, 4.69) is 19.2 Å². The van der Waals surface area contributed by atoms with E-state index in [4.69, 9.17) is 11.6 Å². The molecule has 0 aromatic heterocycles. The highest BCUT2D eigenvalue weighted by Gasteiger charge is 2.31. The van der Waals surface area contributed by atoms with Crippen LogP contribution in [-0.4, -0.2) is 26.6 Å². The molecule has 2 rings (SSSR count). The lowest BCUT2D eigenvalue weighted by Gasteiger charge is -2.30. The van der Waals surface area contributed by atoms with Gasteiger partial charge in [0.05, 0.1) is 11.9 Å². The monoisotopic (exact) mass is 422 g/mol. The fourth-order valence-electron chi connectivity index (χ4n) is 2.96. The molecule has 5 nitrogen and oxygen atoms in total. The number of anilines is 2. The molecule has 0 bridgehead atoms. The highest BCUT2D eigenvalue weighted by Crippen LogP contribution is 2.28. The van der Waals surface area contributed by atoms with Crippen molar-refractivity contribution in [2.45, 2.75) is 46.1 Å². The van der Waals surface area contributed by atoms with Crippen molar-refractivity contribution in [1.82, 2.24) is 0 Å². The Balaban J connectivity index is 2.34. The van der Waals surface area contributed by atoms with Gasteiger partial charge in [-0.3, -0.25) is 9.10 Å². The van der Waals surface area contributed by atoms with Gasteiger partial charge in [0, 0.05) is 10.7 Å². The molecule has 0 heterocycles. The summed E-state index contributed by atoms with van der Waals surface area (Å²) in [5.74, 6) is 0.00192. The number of halogens is 1. The summed E-state index contributed by atoms with van der Waals surface area (Å²) in [7, 11) is -3.70. The number of carbonyl (C=O) groups excluding carboxylic acids is 1. The first-order valence-electron chi connectivity index (χ1n) is 9.21. The van der Waals surface area contributed by atoms with Gasteiger partial charge in [-0.15, -0.1) is 0 Å². The Morgan fingerprint density at radius 2 is 1.75 bits per heavy atom. The van der Waals surface area contributed by atoms with Gasteiger partial charge in [0.2, 0.25) is 15.9 Å². The molecule has 0 saturated heterocycles. The van der Waals surface area contributed by atoms with Gasteiger partial charge in [-0.05, 0) is 54.7 Å². The molecule has 0 fully saturated rings.